The van der Waals surface area contributed by atoms with E-state index in [-0.39, 0.29) is 12.0 Å². The van der Waals surface area contributed by atoms with Crippen LogP contribution in [0.25, 0.3) is 0 Å². The van der Waals surface area contributed by atoms with Crippen molar-refractivity contribution < 1.29 is 9.90 Å². The summed E-state index contributed by atoms with van der Waals surface area (Å²) >= 11 is 0. The maximum absolute atomic E-state index is 11.5. The van der Waals surface area contributed by atoms with Crippen molar-refractivity contribution >= 4 is 5.97 Å². The van der Waals surface area contributed by atoms with Gasteiger partial charge in [-0.1, -0.05) is 26.2 Å². The lowest BCUT2D eigenvalue weighted by Crippen LogP contribution is -2.51. The average Bonchev–Trinajstić information content (AvgIpc) is 2.57. The largest absolute Gasteiger partial charge is 0.481 e. The number of rotatable bonds is 2. The van der Waals surface area contributed by atoms with Gasteiger partial charge >= 0.3 is 5.97 Å². The minimum absolute atomic E-state index is 0.139. The van der Waals surface area contributed by atoms with Gasteiger partial charge in [0.1, 0.15) is 0 Å². The molecule has 2 aliphatic rings. The first-order valence-corrected chi connectivity index (χ1v) is 7.58. The van der Waals surface area contributed by atoms with Gasteiger partial charge in [0.2, 0.25) is 0 Å². The molecule has 0 radical (unpaired) electrons. The molecule has 18 heavy (non-hydrogen) atoms. The molecule has 1 N–H and O–H groups in total. The van der Waals surface area contributed by atoms with E-state index >= 15 is 0 Å². The van der Waals surface area contributed by atoms with E-state index < -0.39 is 5.97 Å². The van der Waals surface area contributed by atoms with Crippen LogP contribution in [-0.2, 0) is 4.79 Å². The summed E-state index contributed by atoms with van der Waals surface area (Å²) in [4.78, 5) is 14.0. The van der Waals surface area contributed by atoms with Crippen LogP contribution in [0.4, 0.5) is 0 Å². The molecule has 1 saturated heterocycles. The second-order valence-electron chi connectivity index (χ2n) is 6.38. The quantitative estimate of drug-likeness (QED) is 0.769. The average molecular weight is 253 g/mol. The van der Waals surface area contributed by atoms with Crippen LogP contribution in [0.5, 0.6) is 0 Å². The van der Waals surface area contributed by atoms with Crippen LogP contribution in [0.3, 0.4) is 0 Å². The van der Waals surface area contributed by atoms with Crippen molar-refractivity contribution in [1.29, 1.82) is 0 Å². The molecule has 0 aromatic carbocycles. The molecule has 1 saturated carbocycles. The van der Waals surface area contributed by atoms with Crippen LogP contribution in [0, 0.1) is 11.8 Å². The standard InChI is InChI=1S/C15H27NO2/c1-11-8-9-12(2)16(10-11)14-7-5-3-4-6-13(14)15(17)18/h11-14H,3-10H2,1-2H3,(H,17,18). The maximum Gasteiger partial charge on any atom is 0.308 e. The van der Waals surface area contributed by atoms with Gasteiger partial charge in [0.05, 0.1) is 5.92 Å². The van der Waals surface area contributed by atoms with E-state index in [1.165, 1.54) is 25.7 Å². The maximum atomic E-state index is 11.5. The fourth-order valence-electron chi connectivity index (χ4n) is 3.76. The lowest BCUT2D eigenvalue weighted by Gasteiger charge is -2.43. The summed E-state index contributed by atoms with van der Waals surface area (Å²) in [6.45, 7) is 5.66. The molecule has 0 aromatic rings. The van der Waals surface area contributed by atoms with Crippen LogP contribution in [0.2, 0.25) is 0 Å². The third kappa shape index (κ3) is 3.05. The number of carbonyl (C=O) groups is 1. The monoisotopic (exact) mass is 253 g/mol. The van der Waals surface area contributed by atoms with Gasteiger partial charge in [0.25, 0.3) is 0 Å². The van der Waals surface area contributed by atoms with Gasteiger partial charge in [0.15, 0.2) is 0 Å². The first-order chi connectivity index (χ1) is 8.59. The van der Waals surface area contributed by atoms with E-state index in [0.717, 1.165) is 31.7 Å². The first kappa shape index (κ1) is 13.9. The number of likely N-dealkylation sites (tertiary alicyclic amines) is 1. The zero-order chi connectivity index (χ0) is 13.1. The summed E-state index contributed by atoms with van der Waals surface area (Å²) in [5.41, 5.74) is 0. The van der Waals surface area contributed by atoms with Crippen molar-refractivity contribution in [3.05, 3.63) is 0 Å². The Labute approximate surface area is 111 Å². The number of piperidine rings is 1. The summed E-state index contributed by atoms with van der Waals surface area (Å²) in [5, 5.41) is 9.49. The van der Waals surface area contributed by atoms with Gasteiger partial charge in [-0.05, 0) is 38.5 Å². The number of aliphatic carboxylic acids is 1. The number of carboxylic acid groups (broad SMARTS) is 1. The molecule has 1 aliphatic heterocycles. The van der Waals surface area contributed by atoms with Gasteiger partial charge in [-0.25, -0.2) is 0 Å². The molecule has 0 amide bonds. The van der Waals surface area contributed by atoms with Crippen molar-refractivity contribution in [3.8, 4) is 0 Å². The van der Waals surface area contributed by atoms with Crippen molar-refractivity contribution in [1.82, 2.24) is 4.90 Å². The first-order valence-electron chi connectivity index (χ1n) is 7.58. The summed E-state index contributed by atoms with van der Waals surface area (Å²) < 4.78 is 0. The molecule has 0 aromatic heterocycles. The molecule has 2 rings (SSSR count). The normalized spacial score (nSPS) is 39.2. The summed E-state index contributed by atoms with van der Waals surface area (Å²) in [6, 6.07) is 0.842. The van der Waals surface area contributed by atoms with E-state index in [1.807, 2.05) is 0 Å². The molecule has 4 atom stereocenters. The molecule has 4 unspecified atom stereocenters. The smallest absolute Gasteiger partial charge is 0.308 e. The van der Waals surface area contributed by atoms with Gasteiger partial charge in [0, 0.05) is 18.6 Å². The Morgan fingerprint density at radius 2 is 1.78 bits per heavy atom. The second kappa shape index (κ2) is 6.05. The zero-order valence-corrected chi connectivity index (χ0v) is 11.8. The van der Waals surface area contributed by atoms with Gasteiger partial charge in [-0.2, -0.15) is 0 Å². The number of nitrogens with zero attached hydrogens (tertiary/aromatic N) is 1. The van der Waals surface area contributed by atoms with E-state index in [9.17, 15) is 9.90 Å². The highest BCUT2D eigenvalue weighted by molar-refractivity contribution is 5.71. The zero-order valence-electron chi connectivity index (χ0n) is 11.8. The topological polar surface area (TPSA) is 40.5 Å². The minimum atomic E-state index is -0.577. The Morgan fingerprint density at radius 1 is 1.06 bits per heavy atom. The SMILES string of the molecule is CC1CCC(C)N(C2CCCCCC2C(=O)O)C1. The van der Waals surface area contributed by atoms with E-state index in [0.29, 0.717) is 6.04 Å². The Hall–Kier alpha value is -0.570. The molecule has 3 nitrogen and oxygen atoms in total. The van der Waals surface area contributed by atoms with Crippen molar-refractivity contribution in [3.63, 3.8) is 0 Å². The van der Waals surface area contributed by atoms with Gasteiger partial charge in [-0.15, -0.1) is 0 Å². The third-order valence-electron chi connectivity index (χ3n) is 4.89. The molecular formula is C15H27NO2. The van der Waals surface area contributed by atoms with E-state index in [1.54, 1.807) is 0 Å². The number of hydrogen-bond acceptors (Lipinski definition) is 2. The molecule has 3 heteroatoms. The van der Waals surface area contributed by atoms with Crippen molar-refractivity contribution in [2.75, 3.05) is 6.54 Å². The molecular weight excluding hydrogens is 226 g/mol. The lowest BCUT2D eigenvalue weighted by atomic mass is 9.87. The Kier molecular flexibility index (Phi) is 4.66. The Balaban J connectivity index is 2.12. The fourth-order valence-corrected chi connectivity index (χ4v) is 3.76. The predicted octanol–water partition coefficient (Wildman–Crippen LogP) is 3.14. The van der Waals surface area contributed by atoms with E-state index in [4.69, 9.17) is 0 Å². The minimum Gasteiger partial charge on any atom is -0.481 e. The highest BCUT2D eigenvalue weighted by atomic mass is 16.4. The molecule has 1 heterocycles. The van der Waals surface area contributed by atoms with Crippen LogP contribution in [0.1, 0.15) is 58.8 Å². The Bertz CT molecular complexity index is 292. The van der Waals surface area contributed by atoms with Crippen LogP contribution in [-0.4, -0.2) is 34.6 Å². The van der Waals surface area contributed by atoms with Gasteiger partial charge in [-0.3, -0.25) is 9.69 Å². The molecule has 2 fully saturated rings. The van der Waals surface area contributed by atoms with Crippen LogP contribution >= 0.6 is 0 Å². The molecule has 1 aliphatic carbocycles. The number of carboxylic acids is 1. The predicted molar refractivity (Wildman–Crippen MR) is 72.6 cm³/mol. The molecule has 0 spiro atoms. The highest BCUT2D eigenvalue weighted by Gasteiger charge is 2.37. The summed E-state index contributed by atoms with van der Waals surface area (Å²) in [7, 11) is 0. The van der Waals surface area contributed by atoms with E-state index in [2.05, 4.69) is 18.7 Å². The lowest BCUT2D eigenvalue weighted by molar-refractivity contribution is -0.145. The van der Waals surface area contributed by atoms with Gasteiger partial charge < -0.3 is 5.11 Å². The summed E-state index contributed by atoms with van der Waals surface area (Å²) in [5.74, 6) is 0.00599. The van der Waals surface area contributed by atoms with Crippen molar-refractivity contribution in [2.24, 2.45) is 11.8 Å². The second-order valence-corrected chi connectivity index (χ2v) is 6.38. The number of hydrogen-bond donors (Lipinski definition) is 1. The summed E-state index contributed by atoms with van der Waals surface area (Å²) in [6.07, 6.45) is 7.97. The highest BCUT2D eigenvalue weighted by Crippen LogP contribution is 2.33. The van der Waals surface area contributed by atoms with Crippen LogP contribution in [0.15, 0.2) is 0 Å². The third-order valence-corrected chi connectivity index (χ3v) is 4.89. The fraction of sp³-hybridized carbons (Fsp3) is 0.933. The molecule has 0 bridgehead atoms. The van der Waals surface area contributed by atoms with Crippen molar-refractivity contribution in [2.45, 2.75) is 70.9 Å². The Morgan fingerprint density at radius 3 is 2.50 bits per heavy atom. The van der Waals surface area contributed by atoms with Crippen LogP contribution < -0.4 is 0 Å². The molecule has 104 valence electrons.